The lowest BCUT2D eigenvalue weighted by atomic mass is 9.98. The Morgan fingerprint density at radius 3 is 3.06 bits per heavy atom. The summed E-state index contributed by atoms with van der Waals surface area (Å²) in [5.41, 5.74) is 2.37. The lowest BCUT2D eigenvalue weighted by molar-refractivity contribution is 0.382. The van der Waals surface area contributed by atoms with Crippen LogP contribution in [0.2, 0.25) is 0 Å². The van der Waals surface area contributed by atoms with E-state index in [-0.39, 0.29) is 0 Å². The predicted molar refractivity (Wildman–Crippen MR) is 70.2 cm³/mol. The fourth-order valence-corrected chi connectivity index (χ4v) is 2.73. The molecule has 1 saturated heterocycles. The average Bonchev–Trinajstić information content (AvgIpc) is 2.81. The van der Waals surface area contributed by atoms with E-state index in [2.05, 4.69) is 17.4 Å². The highest BCUT2D eigenvalue weighted by molar-refractivity contribution is 5.80. The van der Waals surface area contributed by atoms with Gasteiger partial charge in [0.25, 0.3) is 0 Å². The summed E-state index contributed by atoms with van der Waals surface area (Å²) in [5.74, 6) is 0. The Morgan fingerprint density at radius 1 is 1.24 bits per heavy atom. The van der Waals surface area contributed by atoms with E-state index in [9.17, 15) is 0 Å². The Bertz CT molecular complexity index is 482. The second-order valence-electron chi connectivity index (χ2n) is 4.94. The maximum Gasteiger partial charge on any atom is 0.134 e. The van der Waals surface area contributed by atoms with E-state index in [0.717, 1.165) is 12.0 Å². The second kappa shape index (κ2) is 4.92. The van der Waals surface area contributed by atoms with Gasteiger partial charge >= 0.3 is 0 Å². The Hall–Kier alpha value is -1.28. The monoisotopic (exact) mass is 229 g/mol. The molecule has 0 radical (unpaired) electrons. The number of nitrogens with one attached hydrogen (secondary N) is 1. The van der Waals surface area contributed by atoms with E-state index in [1.165, 1.54) is 43.2 Å². The molecular weight excluding hydrogens is 210 g/mol. The molecule has 1 aromatic heterocycles. The molecule has 90 valence electrons. The van der Waals surface area contributed by atoms with Crippen molar-refractivity contribution < 1.29 is 4.42 Å². The number of para-hydroxylation sites is 1. The molecule has 2 heteroatoms. The first kappa shape index (κ1) is 10.8. The van der Waals surface area contributed by atoms with Crippen LogP contribution in [0.5, 0.6) is 0 Å². The number of piperidine rings is 1. The lowest BCUT2D eigenvalue weighted by Gasteiger charge is -2.23. The minimum absolute atomic E-state index is 0.706. The van der Waals surface area contributed by atoms with Gasteiger partial charge in [-0.3, -0.25) is 0 Å². The van der Waals surface area contributed by atoms with Crippen molar-refractivity contribution in [1.82, 2.24) is 5.32 Å². The molecule has 0 amide bonds. The fourth-order valence-electron chi connectivity index (χ4n) is 2.73. The van der Waals surface area contributed by atoms with Gasteiger partial charge in [0.05, 0.1) is 6.26 Å². The third kappa shape index (κ3) is 2.37. The van der Waals surface area contributed by atoms with Crippen LogP contribution in [0, 0.1) is 0 Å². The van der Waals surface area contributed by atoms with Crippen molar-refractivity contribution >= 4 is 11.0 Å². The highest BCUT2D eigenvalue weighted by atomic mass is 16.3. The topological polar surface area (TPSA) is 25.2 Å². The summed E-state index contributed by atoms with van der Waals surface area (Å²) in [6.45, 7) is 1.19. The lowest BCUT2D eigenvalue weighted by Crippen LogP contribution is -2.34. The standard InChI is InChI=1S/C15H19NO/c1-2-7-15-14(6-1)12(11-17-15)8-9-13-5-3-4-10-16-13/h1-2,6-7,11,13,16H,3-5,8-10H2. The molecule has 2 nitrogen and oxygen atoms in total. The van der Waals surface area contributed by atoms with Crippen LogP contribution in [0.1, 0.15) is 31.2 Å². The van der Waals surface area contributed by atoms with Crippen molar-refractivity contribution in [3.63, 3.8) is 0 Å². The molecule has 17 heavy (non-hydrogen) atoms. The summed E-state index contributed by atoms with van der Waals surface area (Å²) in [6.07, 6.45) is 8.32. The summed E-state index contributed by atoms with van der Waals surface area (Å²) in [6, 6.07) is 9.01. The second-order valence-corrected chi connectivity index (χ2v) is 4.94. The Labute approximate surface area is 102 Å². The highest BCUT2D eigenvalue weighted by Gasteiger charge is 2.13. The third-order valence-corrected chi connectivity index (χ3v) is 3.74. The normalized spacial score (nSPS) is 20.8. The first-order valence-electron chi connectivity index (χ1n) is 6.62. The van der Waals surface area contributed by atoms with Gasteiger partial charge in [-0.2, -0.15) is 0 Å². The zero-order chi connectivity index (χ0) is 11.5. The van der Waals surface area contributed by atoms with Crippen LogP contribution >= 0.6 is 0 Å². The van der Waals surface area contributed by atoms with E-state index in [4.69, 9.17) is 4.42 Å². The van der Waals surface area contributed by atoms with Gasteiger partial charge in [-0.15, -0.1) is 0 Å². The molecule has 1 aliphatic rings. The van der Waals surface area contributed by atoms with Gasteiger partial charge in [0.15, 0.2) is 0 Å². The van der Waals surface area contributed by atoms with Gasteiger partial charge < -0.3 is 9.73 Å². The van der Waals surface area contributed by atoms with Crippen LogP contribution in [0.3, 0.4) is 0 Å². The molecule has 0 bridgehead atoms. The number of benzene rings is 1. The molecule has 1 aromatic carbocycles. The number of furan rings is 1. The molecule has 3 rings (SSSR count). The Kier molecular flexibility index (Phi) is 3.14. The van der Waals surface area contributed by atoms with E-state index < -0.39 is 0 Å². The zero-order valence-corrected chi connectivity index (χ0v) is 10.1. The number of hydrogen-bond acceptors (Lipinski definition) is 2. The maximum absolute atomic E-state index is 5.57. The van der Waals surface area contributed by atoms with Crippen LogP contribution in [0.15, 0.2) is 34.9 Å². The molecule has 1 atom stereocenters. The van der Waals surface area contributed by atoms with E-state index in [0.29, 0.717) is 6.04 Å². The maximum atomic E-state index is 5.57. The molecule has 0 spiro atoms. The summed E-state index contributed by atoms with van der Waals surface area (Å²) < 4.78 is 5.57. The van der Waals surface area contributed by atoms with Crippen molar-refractivity contribution in [3.05, 3.63) is 36.1 Å². The summed E-state index contributed by atoms with van der Waals surface area (Å²) in [5, 5.41) is 4.88. The number of rotatable bonds is 3. The van der Waals surface area contributed by atoms with E-state index in [1.807, 2.05) is 18.4 Å². The quantitative estimate of drug-likeness (QED) is 0.871. The first-order chi connectivity index (χ1) is 8.43. The minimum atomic E-state index is 0.706. The first-order valence-corrected chi connectivity index (χ1v) is 6.62. The van der Waals surface area contributed by atoms with Crippen LogP contribution in [0.25, 0.3) is 11.0 Å². The Balaban J connectivity index is 1.68. The van der Waals surface area contributed by atoms with Crippen molar-refractivity contribution in [2.45, 2.75) is 38.1 Å². The smallest absolute Gasteiger partial charge is 0.134 e. The van der Waals surface area contributed by atoms with Gasteiger partial charge in [0, 0.05) is 11.4 Å². The zero-order valence-electron chi connectivity index (χ0n) is 10.1. The minimum Gasteiger partial charge on any atom is -0.464 e. The number of fused-ring (bicyclic) bond motifs is 1. The molecule has 2 aromatic rings. The van der Waals surface area contributed by atoms with E-state index >= 15 is 0 Å². The molecular formula is C15H19NO. The third-order valence-electron chi connectivity index (χ3n) is 3.74. The molecule has 1 fully saturated rings. The van der Waals surface area contributed by atoms with E-state index in [1.54, 1.807) is 0 Å². The highest BCUT2D eigenvalue weighted by Crippen LogP contribution is 2.23. The summed E-state index contributed by atoms with van der Waals surface area (Å²) in [4.78, 5) is 0. The largest absolute Gasteiger partial charge is 0.464 e. The number of hydrogen-bond donors (Lipinski definition) is 1. The van der Waals surface area contributed by atoms with Crippen LogP contribution in [-0.4, -0.2) is 12.6 Å². The van der Waals surface area contributed by atoms with Crippen LogP contribution < -0.4 is 5.32 Å². The summed E-state index contributed by atoms with van der Waals surface area (Å²) in [7, 11) is 0. The van der Waals surface area contributed by atoms with Gasteiger partial charge in [0.1, 0.15) is 5.58 Å². The van der Waals surface area contributed by atoms with Crippen molar-refractivity contribution in [2.75, 3.05) is 6.54 Å². The molecule has 1 aliphatic heterocycles. The van der Waals surface area contributed by atoms with Crippen molar-refractivity contribution in [1.29, 1.82) is 0 Å². The van der Waals surface area contributed by atoms with Gasteiger partial charge in [0.2, 0.25) is 0 Å². The average molecular weight is 229 g/mol. The Morgan fingerprint density at radius 2 is 2.18 bits per heavy atom. The van der Waals surface area contributed by atoms with Gasteiger partial charge in [-0.25, -0.2) is 0 Å². The van der Waals surface area contributed by atoms with Gasteiger partial charge in [-0.1, -0.05) is 24.6 Å². The van der Waals surface area contributed by atoms with Crippen LogP contribution in [-0.2, 0) is 6.42 Å². The van der Waals surface area contributed by atoms with Crippen molar-refractivity contribution in [2.24, 2.45) is 0 Å². The van der Waals surface area contributed by atoms with Crippen molar-refractivity contribution in [3.8, 4) is 0 Å². The molecule has 1 unspecified atom stereocenters. The molecule has 1 N–H and O–H groups in total. The summed E-state index contributed by atoms with van der Waals surface area (Å²) >= 11 is 0. The molecule has 2 heterocycles. The van der Waals surface area contributed by atoms with Crippen LogP contribution in [0.4, 0.5) is 0 Å². The fraction of sp³-hybridized carbons (Fsp3) is 0.467. The number of aryl methyl sites for hydroxylation is 1. The predicted octanol–water partition coefficient (Wildman–Crippen LogP) is 3.51. The SMILES string of the molecule is c1ccc2c(CCC3CCCCN3)coc2c1. The molecule has 0 saturated carbocycles. The molecule has 0 aliphatic carbocycles. The van der Waals surface area contributed by atoms with Gasteiger partial charge in [-0.05, 0) is 43.9 Å².